The Morgan fingerprint density at radius 3 is 2.73 bits per heavy atom. The smallest absolute Gasteiger partial charge is 0.247 e. The average molecular weight is 401 g/mol. The van der Waals surface area contributed by atoms with E-state index >= 15 is 0 Å². The Kier molecular flexibility index (Phi) is 4.42. The largest absolute Gasteiger partial charge is 0.493 e. The van der Waals surface area contributed by atoms with Crippen LogP contribution in [-0.4, -0.2) is 22.5 Å². The number of carbonyl (C=O) groups is 1. The first-order chi connectivity index (χ1) is 14.5. The van der Waals surface area contributed by atoms with Crippen LogP contribution in [0.5, 0.6) is 5.75 Å². The number of aromatic amines is 1. The molecule has 6 heteroatoms. The van der Waals surface area contributed by atoms with Gasteiger partial charge in [-0.15, -0.1) is 0 Å². The summed E-state index contributed by atoms with van der Waals surface area (Å²) < 4.78 is 5.63. The first-order valence-corrected chi connectivity index (χ1v) is 10.3. The average Bonchev–Trinajstić information content (AvgIpc) is 3.49. The molecule has 1 fully saturated rings. The van der Waals surface area contributed by atoms with Gasteiger partial charge in [0.1, 0.15) is 11.6 Å². The van der Waals surface area contributed by atoms with E-state index in [-0.39, 0.29) is 17.4 Å². The molecule has 6 nitrogen and oxygen atoms in total. The lowest BCUT2D eigenvalue weighted by Crippen LogP contribution is -2.28. The Bertz CT molecular complexity index is 1190. The molecule has 1 aliphatic carbocycles. The van der Waals surface area contributed by atoms with E-state index < -0.39 is 0 Å². The molecule has 0 atom stereocenters. The zero-order valence-electron chi connectivity index (χ0n) is 17.1. The molecule has 0 bridgehead atoms. The number of rotatable bonds is 4. The summed E-state index contributed by atoms with van der Waals surface area (Å²) in [5, 5.41) is 0. The minimum Gasteiger partial charge on any atom is -0.493 e. The van der Waals surface area contributed by atoms with E-state index in [1.807, 2.05) is 38.1 Å². The van der Waals surface area contributed by atoms with Gasteiger partial charge in [-0.25, -0.2) is 4.98 Å². The fourth-order valence-electron chi connectivity index (χ4n) is 3.87. The van der Waals surface area contributed by atoms with Crippen LogP contribution in [0.4, 0.5) is 11.5 Å². The molecule has 1 aliphatic heterocycles. The van der Waals surface area contributed by atoms with Crippen LogP contribution in [0, 0.1) is 19.8 Å². The molecule has 3 heterocycles. The predicted molar refractivity (Wildman–Crippen MR) is 115 cm³/mol. The maximum absolute atomic E-state index is 13.3. The number of anilines is 2. The third-order valence-corrected chi connectivity index (χ3v) is 5.88. The molecule has 152 valence electrons. The predicted octanol–water partition coefficient (Wildman–Crippen LogP) is 4.06. The number of ether oxygens (including phenoxy) is 1. The number of benzene rings is 1. The summed E-state index contributed by atoms with van der Waals surface area (Å²) in [5.41, 5.74) is 5.42. The zero-order valence-corrected chi connectivity index (χ0v) is 17.1. The highest BCUT2D eigenvalue weighted by Crippen LogP contribution is 2.39. The molecule has 0 saturated heterocycles. The molecular weight excluding hydrogens is 378 g/mol. The van der Waals surface area contributed by atoms with Crippen LogP contribution in [-0.2, 0) is 11.2 Å². The van der Waals surface area contributed by atoms with E-state index in [1.165, 1.54) is 6.07 Å². The van der Waals surface area contributed by atoms with Crippen molar-refractivity contribution in [3.05, 3.63) is 69.6 Å². The van der Waals surface area contributed by atoms with Gasteiger partial charge in [-0.2, -0.15) is 0 Å². The van der Waals surface area contributed by atoms with Crippen molar-refractivity contribution in [2.75, 3.05) is 11.5 Å². The molecule has 0 unspecified atom stereocenters. The van der Waals surface area contributed by atoms with Crippen LogP contribution in [0.2, 0.25) is 0 Å². The third-order valence-electron chi connectivity index (χ3n) is 5.88. The second kappa shape index (κ2) is 7.13. The third kappa shape index (κ3) is 3.28. The van der Waals surface area contributed by atoms with Crippen LogP contribution >= 0.6 is 0 Å². The maximum atomic E-state index is 13.3. The summed E-state index contributed by atoms with van der Waals surface area (Å²) in [6.45, 7) is 4.70. The number of hydrogen-bond acceptors (Lipinski definition) is 4. The van der Waals surface area contributed by atoms with Gasteiger partial charge in [-0.1, -0.05) is 0 Å². The molecule has 5 rings (SSSR count). The lowest BCUT2D eigenvalue weighted by molar-refractivity contribution is -0.119. The molecule has 1 N–H and O–H groups in total. The first kappa shape index (κ1) is 18.6. The van der Waals surface area contributed by atoms with Crippen molar-refractivity contribution in [2.24, 2.45) is 5.92 Å². The zero-order chi connectivity index (χ0) is 20.8. The molecule has 1 aromatic carbocycles. The summed E-state index contributed by atoms with van der Waals surface area (Å²) in [5.74, 6) is 1.63. The van der Waals surface area contributed by atoms with E-state index in [1.54, 1.807) is 17.2 Å². The van der Waals surface area contributed by atoms with E-state index in [9.17, 15) is 9.59 Å². The minimum atomic E-state index is -0.157. The summed E-state index contributed by atoms with van der Waals surface area (Å²) in [7, 11) is 0. The second-order valence-corrected chi connectivity index (χ2v) is 8.05. The number of H-pyrrole nitrogens is 1. The number of amides is 1. The highest BCUT2D eigenvalue weighted by molar-refractivity contribution is 6.02. The minimum absolute atomic E-state index is 0.0504. The second-order valence-electron chi connectivity index (χ2n) is 8.05. The number of aromatic nitrogens is 2. The molecule has 2 aliphatic rings. The number of nitrogens with zero attached hydrogens (tertiary/aromatic N) is 2. The molecule has 1 saturated carbocycles. The SMILES string of the molecule is Cc1cc(N(C(=O)C2CC2)c2ccc3c(c2)CCO3)nc(-c2ccc(=O)[nH]c2)c1C. The number of pyridine rings is 2. The summed E-state index contributed by atoms with van der Waals surface area (Å²) in [6, 6.07) is 11.1. The van der Waals surface area contributed by atoms with Crippen molar-refractivity contribution in [1.82, 2.24) is 9.97 Å². The maximum Gasteiger partial charge on any atom is 0.247 e. The van der Waals surface area contributed by atoms with E-state index in [4.69, 9.17) is 9.72 Å². The summed E-state index contributed by atoms with van der Waals surface area (Å²) >= 11 is 0. The van der Waals surface area contributed by atoms with Gasteiger partial charge in [0.2, 0.25) is 11.5 Å². The van der Waals surface area contributed by atoms with Gasteiger partial charge < -0.3 is 9.72 Å². The van der Waals surface area contributed by atoms with Crippen LogP contribution in [0.25, 0.3) is 11.3 Å². The van der Waals surface area contributed by atoms with Gasteiger partial charge >= 0.3 is 0 Å². The molecule has 0 spiro atoms. The van der Waals surface area contributed by atoms with Crippen molar-refractivity contribution in [3.63, 3.8) is 0 Å². The van der Waals surface area contributed by atoms with Gasteiger partial charge in [0.25, 0.3) is 0 Å². The van der Waals surface area contributed by atoms with Crippen molar-refractivity contribution in [2.45, 2.75) is 33.1 Å². The normalized spacial score (nSPS) is 14.9. The van der Waals surface area contributed by atoms with Crippen LogP contribution in [0.3, 0.4) is 0 Å². The van der Waals surface area contributed by atoms with E-state index in [2.05, 4.69) is 4.98 Å². The highest BCUT2D eigenvalue weighted by atomic mass is 16.5. The number of nitrogens with one attached hydrogen (secondary N) is 1. The number of carbonyl (C=O) groups excluding carboxylic acids is 1. The fraction of sp³-hybridized carbons (Fsp3) is 0.292. The molecule has 2 aromatic heterocycles. The van der Waals surface area contributed by atoms with Gasteiger partial charge in [-0.3, -0.25) is 14.5 Å². The molecule has 0 radical (unpaired) electrons. The Morgan fingerprint density at radius 1 is 1.17 bits per heavy atom. The van der Waals surface area contributed by atoms with Gasteiger partial charge in [0.15, 0.2) is 0 Å². The number of hydrogen-bond donors (Lipinski definition) is 1. The van der Waals surface area contributed by atoms with Crippen molar-refractivity contribution >= 4 is 17.4 Å². The highest BCUT2D eigenvalue weighted by Gasteiger charge is 2.36. The standard InChI is InChI=1S/C24H23N3O3/c1-14-11-21(26-23(15(14)2)18-5-8-22(28)25-13-18)27(24(29)16-3-4-16)19-6-7-20-17(12-19)9-10-30-20/h5-8,11-13,16H,3-4,9-10H2,1-2H3,(H,25,28). The van der Waals surface area contributed by atoms with Crippen LogP contribution in [0.15, 0.2) is 47.4 Å². The first-order valence-electron chi connectivity index (χ1n) is 10.3. The summed E-state index contributed by atoms with van der Waals surface area (Å²) in [6.07, 6.45) is 4.35. The van der Waals surface area contributed by atoms with Crippen molar-refractivity contribution in [3.8, 4) is 17.0 Å². The van der Waals surface area contributed by atoms with Gasteiger partial charge in [-0.05, 0) is 73.7 Å². The fourth-order valence-corrected chi connectivity index (χ4v) is 3.87. The Labute approximate surface area is 174 Å². The van der Waals surface area contributed by atoms with Crippen LogP contribution in [0.1, 0.15) is 29.5 Å². The number of aryl methyl sites for hydroxylation is 1. The Morgan fingerprint density at radius 2 is 2.00 bits per heavy atom. The quantitative estimate of drug-likeness (QED) is 0.715. The van der Waals surface area contributed by atoms with E-state index in [0.717, 1.165) is 58.6 Å². The lowest BCUT2D eigenvalue weighted by Gasteiger charge is -2.24. The van der Waals surface area contributed by atoms with Gasteiger partial charge in [0.05, 0.1) is 18.0 Å². The number of fused-ring (bicyclic) bond motifs is 1. The molecule has 3 aromatic rings. The lowest BCUT2D eigenvalue weighted by atomic mass is 10.0. The molecular formula is C24H23N3O3. The van der Waals surface area contributed by atoms with Gasteiger partial charge in [0, 0.05) is 30.2 Å². The van der Waals surface area contributed by atoms with Crippen molar-refractivity contribution in [1.29, 1.82) is 0 Å². The summed E-state index contributed by atoms with van der Waals surface area (Å²) in [4.78, 5) is 34.1. The van der Waals surface area contributed by atoms with Crippen LogP contribution < -0.4 is 15.2 Å². The van der Waals surface area contributed by atoms with E-state index in [0.29, 0.717) is 12.4 Å². The topological polar surface area (TPSA) is 75.3 Å². The monoisotopic (exact) mass is 401 g/mol. The Balaban J connectivity index is 1.65. The molecule has 1 amide bonds. The van der Waals surface area contributed by atoms with Crippen molar-refractivity contribution < 1.29 is 9.53 Å². The molecule has 30 heavy (non-hydrogen) atoms. The Hall–Kier alpha value is -3.41.